The van der Waals surface area contributed by atoms with Crippen molar-refractivity contribution < 1.29 is 13.9 Å². The second-order valence-electron chi connectivity index (χ2n) is 3.32. The van der Waals surface area contributed by atoms with Crippen LogP contribution in [0.5, 0.6) is 5.75 Å². The van der Waals surface area contributed by atoms with Crippen LogP contribution in [0.4, 0.5) is 4.39 Å². The number of benzene rings is 1. The number of carbonyl (C=O) groups excluding carboxylic acids is 1. The van der Waals surface area contributed by atoms with Gasteiger partial charge in [0.25, 0.3) is 5.91 Å². The predicted molar refractivity (Wildman–Crippen MR) is 66.7 cm³/mol. The number of hydrogen-bond acceptors (Lipinski definition) is 3. The van der Waals surface area contributed by atoms with Crippen LogP contribution >= 0.6 is 12.2 Å². The molecular weight excluding hydrogens is 243 g/mol. The molecule has 0 radical (unpaired) electrons. The molecule has 1 aromatic rings. The Morgan fingerprint density at radius 2 is 2.29 bits per heavy atom. The van der Waals surface area contributed by atoms with Crippen LogP contribution in [-0.2, 0) is 0 Å². The number of thiocarbonyl (C=S) groups is 1. The van der Waals surface area contributed by atoms with Crippen molar-refractivity contribution in [1.29, 1.82) is 0 Å². The number of amides is 1. The molecule has 0 heterocycles. The molecule has 92 valence electrons. The molecule has 6 heteroatoms. The molecule has 0 aliphatic rings. The van der Waals surface area contributed by atoms with E-state index in [1.165, 1.54) is 25.3 Å². The topological polar surface area (TPSA) is 64.3 Å². The first-order chi connectivity index (χ1) is 8.04. The standard InChI is InChI=1S/C11H13FN2O2S/c1-16-9-6-7(2-3-8(9)12)11(15)14-5-4-10(13)17/h2-3,6H,4-5H2,1H3,(H2,13,17)(H,14,15). The fourth-order valence-electron chi connectivity index (χ4n) is 1.20. The molecule has 0 saturated heterocycles. The second kappa shape index (κ2) is 6.15. The van der Waals surface area contributed by atoms with Gasteiger partial charge >= 0.3 is 0 Å². The van der Waals surface area contributed by atoms with Gasteiger partial charge in [-0.1, -0.05) is 12.2 Å². The third-order valence-corrected chi connectivity index (χ3v) is 2.27. The normalized spacial score (nSPS) is 9.76. The fraction of sp³-hybridized carbons (Fsp3) is 0.273. The van der Waals surface area contributed by atoms with E-state index in [0.29, 0.717) is 23.5 Å². The van der Waals surface area contributed by atoms with Crippen molar-refractivity contribution in [3.8, 4) is 5.75 Å². The van der Waals surface area contributed by atoms with Gasteiger partial charge < -0.3 is 15.8 Å². The lowest BCUT2D eigenvalue weighted by Crippen LogP contribution is -2.27. The highest BCUT2D eigenvalue weighted by atomic mass is 32.1. The molecule has 0 aromatic heterocycles. The van der Waals surface area contributed by atoms with Gasteiger partial charge in [-0.15, -0.1) is 0 Å². The third-order valence-electron chi connectivity index (χ3n) is 2.07. The Morgan fingerprint density at radius 3 is 2.88 bits per heavy atom. The maximum Gasteiger partial charge on any atom is 0.251 e. The smallest absolute Gasteiger partial charge is 0.251 e. The molecular formula is C11H13FN2O2S. The number of methoxy groups -OCH3 is 1. The van der Waals surface area contributed by atoms with Crippen molar-refractivity contribution in [3.63, 3.8) is 0 Å². The molecule has 0 fully saturated rings. The average molecular weight is 256 g/mol. The van der Waals surface area contributed by atoms with Crippen molar-refractivity contribution >= 4 is 23.1 Å². The molecule has 0 bridgehead atoms. The summed E-state index contributed by atoms with van der Waals surface area (Å²) in [4.78, 5) is 12.0. The highest BCUT2D eigenvalue weighted by Gasteiger charge is 2.09. The summed E-state index contributed by atoms with van der Waals surface area (Å²) in [6, 6.07) is 3.90. The van der Waals surface area contributed by atoms with Crippen molar-refractivity contribution in [2.24, 2.45) is 5.73 Å². The monoisotopic (exact) mass is 256 g/mol. The number of ether oxygens (including phenoxy) is 1. The molecule has 0 aliphatic carbocycles. The minimum Gasteiger partial charge on any atom is -0.494 e. The van der Waals surface area contributed by atoms with E-state index >= 15 is 0 Å². The molecule has 0 spiro atoms. The molecule has 1 amide bonds. The molecule has 17 heavy (non-hydrogen) atoms. The predicted octanol–water partition coefficient (Wildman–Crippen LogP) is 1.24. The number of rotatable bonds is 5. The highest BCUT2D eigenvalue weighted by Crippen LogP contribution is 2.17. The average Bonchev–Trinajstić information content (AvgIpc) is 2.29. The Bertz CT molecular complexity index is 437. The molecule has 3 N–H and O–H groups in total. The minimum absolute atomic E-state index is 0.0343. The minimum atomic E-state index is -0.507. The van der Waals surface area contributed by atoms with Gasteiger partial charge in [0.05, 0.1) is 12.1 Å². The number of nitrogens with two attached hydrogens (primary N) is 1. The van der Waals surface area contributed by atoms with Gasteiger partial charge in [0.15, 0.2) is 11.6 Å². The summed E-state index contributed by atoms with van der Waals surface area (Å²) in [6.07, 6.45) is 0.430. The lowest BCUT2D eigenvalue weighted by Gasteiger charge is -2.06. The van der Waals surface area contributed by atoms with Crippen LogP contribution in [0, 0.1) is 5.82 Å². The summed E-state index contributed by atoms with van der Waals surface area (Å²) in [5.41, 5.74) is 5.62. The Hall–Kier alpha value is -1.69. The van der Waals surface area contributed by atoms with Crippen LogP contribution in [0.25, 0.3) is 0 Å². The maximum absolute atomic E-state index is 13.1. The first-order valence-corrected chi connectivity index (χ1v) is 5.35. The van der Waals surface area contributed by atoms with Gasteiger partial charge in [-0.3, -0.25) is 4.79 Å². The molecule has 0 saturated carbocycles. The summed E-state index contributed by atoms with van der Waals surface area (Å²) >= 11 is 4.68. The van der Waals surface area contributed by atoms with E-state index in [9.17, 15) is 9.18 Å². The zero-order valence-corrected chi connectivity index (χ0v) is 10.1. The van der Waals surface area contributed by atoms with Crippen molar-refractivity contribution in [1.82, 2.24) is 5.32 Å². The zero-order valence-electron chi connectivity index (χ0n) is 9.33. The zero-order chi connectivity index (χ0) is 12.8. The summed E-state index contributed by atoms with van der Waals surface area (Å²) in [5, 5.41) is 2.62. The van der Waals surface area contributed by atoms with Crippen LogP contribution in [0.15, 0.2) is 18.2 Å². The van der Waals surface area contributed by atoms with Gasteiger partial charge in [0.1, 0.15) is 0 Å². The van der Waals surface area contributed by atoms with E-state index < -0.39 is 5.82 Å². The van der Waals surface area contributed by atoms with E-state index in [0.717, 1.165) is 0 Å². The van der Waals surface area contributed by atoms with Crippen LogP contribution in [0.1, 0.15) is 16.8 Å². The summed E-state index contributed by atoms with van der Waals surface area (Å²) in [5.74, 6) is -0.793. The Morgan fingerprint density at radius 1 is 1.59 bits per heavy atom. The molecule has 1 aromatic carbocycles. The summed E-state index contributed by atoms with van der Waals surface area (Å²) in [7, 11) is 1.34. The summed E-state index contributed by atoms with van der Waals surface area (Å²) in [6.45, 7) is 0.355. The maximum atomic E-state index is 13.1. The fourth-order valence-corrected chi connectivity index (χ4v) is 1.30. The van der Waals surface area contributed by atoms with E-state index in [4.69, 9.17) is 10.5 Å². The van der Waals surface area contributed by atoms with Crippen molar-refractivity contribution in [2.45, 2.75) is 6.42 Å². The summed E-state index contributed by atoms with van der Waals surface area (Å²) < 4.78 is 17.9. The largest absolute Gasteiger partial charge is 0.494 e. The Balaban J connectivity index is 2.66. The number of carbonyl (C=O) groups is 1. The molecule has 0 unspecified atom stereocenters. The van der Waals surface area contributed by atoms with Crippen LogP contribution in [0.3, 0.4) is 0 Å². The highest BCUT2D eigenvalue weighted by molar-refractivity contribution is 7.80. The van der Waals surface area contributed by atoms with Gasteiger partial charge in [0, 0.05) is 18.5 Å². The van der Waals surface area contributed by atoms with Gasteiger partial charge in [-0.25, -0.2) is 4.39 Å². The molecule has 0 atom stereocenters. The molecule has 4 nitrogen and oxygen atoms in total. The first-order valence-electron chi connectivity index (χ1n) is 4.94. The van der Waals surface area contributed by atoms with E-state index in [1.807, 2.05) is 0 Å². The van der Waals surface area contributed by atoms with Crippen LogP contribution in [0.2, 0.25) is 0 Å². The van der Waals surface area contributed by atoms with Crippen LogP contribution < -0.4 is 15.8 Å². The second-order valence-corrected chi connectivity index (χ2v) is 3.85. The first kappa shape index (κ1) is 13.4. The number of hydrogen-bond donors (Lipinski definition) is 2. The molecule has 0 aliphatic heterocycles. The third kappa shape index (κ3) is 3.99. The number of halogens is 1. The molecule has 1 rings (SSSR count). The van der Waals surface area contributed by atoms with Gasteiger partial charge in [-0.05, 0) is 18.2 Å². The lowest BCUT2D eigenvalue weighted by atomic mass is 10.2. The SMILES string of the molecule is COc1cc(C(=O)NCCC(N)=S)ccc1F. The van der Waals surface area contributed by atoms with E-state index in [2.05, 4.69) is 17.5 Å². The quantitative estimate of drug-likeness (QED) is 0.778. The van der Waals surface area contributed by atoms with Gasteiger partial charge in [-0.2, -0.15) is 0 Å². The Kier molecular flexibility index (Phi) is 4.84. The van der Waals surface area contributed by atoms with Gasteiger partial charge in [0.2, 0.25) is 0 Å². The lowest BCUT2D eigenvalue weighted by molar-refractivity contribution is 0.0954. The van der Waals surface area contributed by atoms with Crippen molar-refractivity contribution in [2.75, 3.05) is 13.7 Å². The van der Waals surface area contributed by atoms with Crippen LogP contribution in [-0.4, -0.2) is 24.6 Å². The Labute approximate surface area is 104 Å². The van der Waals surface area contributed by atoms with E-state index in [-0.39, 0.29) is 11.7 Å². The van der Waals surface area contributed by atoms with Crippen molar-refractivity contribution in [3.05, 3.63) is 29.6 Å². The number of nitrogens with one attached hydrogen (secondary N) is 1. The van der Waals surface area contributed by atoms with E-state index in [1.54, 1.807) is 0 Å².